The number of carbonyl (C=O) groups is 1. The summed E-state index contributed by atoms with van der Waals surface area (Å²) >= 11 is 0. The zero-order valence-electron chi connectivity index (χ0n) is 12.2. The molecule has 0 saturated carbocycles. The molecular weight excluding hydrogens is 293 g/mol. The molecule has 3 nitrogen and oxygen atoms in total. The smallest absolute Gasteiger partial charge is 0.283 e. The monoisotopic (exact) mass is 308 g/mol. The minimum atomic E-state index is -4.51. The average Bonchev–Trinajstić information content (AvgIpc) is 2.46. The minimum absolute atomic E-state index is 0.0225. The fourth-order valence-electron chi connectivity index (χ4n) is 2.06. The molecule has 2 rings (SSSR count). The predicted molar refractivity (Wildman–Crippen MR) is 77.9 cm³/mol. The van der Waals surface area contributed by atoms with Crippen molar-refractivity contribution < 1.29 is 18.0 Å². The van der Waals surface area contributed by atoms with Crippen molar-refractivity contribution >= 4 is 11.7 Å². The van der Waals surface area contributed by atoms with Crippen molar-refractivity contribution in [2.45, 2.75) is 20.0 Å². The standard InChI is InChI=1S/C16H15F3N2O/c1-11-6-7-12(2)13(9-11)15(22)21(10-16(17,18)19)14-5-3-4-8-20-14/h3-9H,10H2,1-2H3. The van der Waals surface area contributed by atoms with E-state index in [1.165, 1.54) is 12.3 Å². The number of amides is 1. The minimum Gasteiger partial charge on any atom is -0.283 e. The Morgan fingerprint density at radius 1 is 1.18 bits per heavy atom. The largest absolute Gasteiger partial charge is 0.406 e. The molecule has 0 saturated heterocycles. The molecule has 0 N–H and O–H groups in total. The summed E-state index contributed by atoms with van der Waals surface area (Å²) in [5, 5.41) is 0. The molecule has 116 valence electrons. The Bertz CT molecular complexity index is 669. The van der Waals surface area contributed by atoms with Crippen molar-refractivity contribution in [3.63, 3.8) is 0 Å². The topological polar surface area (TPSA) is 33.2 Å². The van der Waals surface area contributed by atoms with Crippen LogP contribution in [0.3, 0.4) is 0 Å². The molecule has 0 bridgehead atoms. The fourth-order valence-corrected chi connectivity index (χ4v) is 2.06. The molecule has 2 aromatic rings. The van der Waals surface area contributed by atoms with E-state index in [-0.39, 0.29) is 11.4 Å². The molecule has 1 aromatic carbocycles. The van der Waals surface area contributed by atoms with Gasteiger partial charge in [0.05, 0.1) is 0 Å². The van der Waals surface area contributed by atoms with E-state index in [1.54, 1.807) is 44.2 Å². The maximum atomic E-state index is 12.8. The Balaban J connectivity index is 2.44. The van der Waals surface area contributed by atoms with Gasteiger partial charge in [-0.1, -0.05) is 23.8 Å². The van der Waals surface area contributed by atoms with Crippen LogP contribution < -0.4 is 4.90 Å². The van der Waals surface area contributed by atoms with Gasteiger partial charge >= 0.3 is 6.18 Å². The lowest BCUT2D eigenvalue weighted by atomic mass is 10.0. The quantitative estimate of drug-likeness (QED) is 0.861. The summed E-state index contributed by atoms with van der Waals surface area (Å²) in [6, 6.07) is 9.62. The van der Waals surface area contributed by atoms with Crippen LogP contribution in [0.2, 0.25) is 0 Å². The maximum Gasteiger partial charge on any atom is 0.406 e. The van der Waals surface area contributed by atoms with E-state index >= 15 is 0 Å². The lowest BCUT2D eigenvalue weighted by molar-refractivity contribution is -0.118. The number of benzene rings is 1. The molecule has 0 aliphatic heterocycles. The van der Waals surface area contributed by atoms with Crippen LogP contribution in [0.25, 0.3) is 0 Å². The van der Waals surface area contributed by atoms with Gasteiger partial charge in [0.2, 0.25) is 0 Å². The van der Waals surface area contributed by atoms with Crippen LogP contribution in [0.5, 0.6) is 0 Å². The molecule has 22 heavy (non-hydrogen) atoms. The SMILES string of the molecule is Cc1ccc(C)c(C(=O)N(CC(F)(F)F)c2ccccn2)c1. The Hall–Kier alpha value is -2.37. The summed E-state index contributed by atoms with van der Waals surface area (Å²) in [5.74, 6) is -0.733. The summed E-state index contributed by atoms with van der Waals surface area (Å²) in [6.45, 7) is 2.10. The fraction of sp³-hybridized carbons (Fsp3) is 0.250. The van der Waals surface area contributed by atoms with E-state index < -0.39 is 18.6 Å². The molecule has 0 unspecified atom stereocenters. The summed E-state index contributed by atoms with van der Waals surface area (Å²) in [7, 11) is 0. The average molecular weight is 308 g/mol. The number of aromatic nitrogens is 1. The molecule has 0 atom stereocenters. The highest BCUT2D eigenvalue weighted by molar-refractivity contribution is 6.06. The number of hydrogen-bond acceptors (Lipinski definition) is 2. The van der Waals surface area contributed by atoms with Gasteiger partial charge in [0.15, 0.2) is 0 Å². The van der Waals surface area contributed by atoms with Crippen LogP contribution in [-0.4, -0.2) is 23.6 Å². The second kappa shape index (κ2) is 6.17. The third-order valence-electron chi connectivity index (χ3n) is 3.13. The van der Waals surface area contributed by atoms with Crippen molar-refractivity contribution in [1.82, 2.24) is 4.98 Å². The third kappa shape index (κ3) is 3.84. The molecule has 0 aliphatic rings. The Morgan fingerprint density at radius 2 is 1.91 bits per heavy atom. The van der Waals surface area contributed by atoms with E-state index in [0.29, 0.717) is 10.5 Å². The normalized spacial score (nSPS) is 11.3. The van der Waals surface area contributed by atoms with Crippen LogP contribution in [-0.2, 0) is 0 Å². The van der Waals surface area contributed by atoms with Crippen LogP contribution >= 0.6 is 0 Å². The van der Waals surface area contributed by atoms with Crippen LogP contribution in [0.15, 0.2) is 42.6 Å². The van der Waals surface area contributed by atoms with Gasteiger partial charge in [-0.05, 0) is 37.6 Å². The van der Waals surface area contributed by atoms with Gasteiger partial charge in [-0.2, -0.15) is 13.2 Å². The van der Waals surface area contributed by atoms with Crippen molar-refractivity contribution in [3.8, 4) is 0 Å². The van der Waals surface area contributed by atoms with Gasteiger partial charge in [-0.15, -0.1) is 0 Å². The number of rotatable bonds is 3. The molecule has 1 heterocycles. The maximum absolute atomic E-state index is 12.8. The highest BCUT2D eigenvalue weighted by Crippen LogP contribution is 2.23. The molecule has 6 heteroatoms. The summed E-state index contributed by atoms with van der Waals surface area (Å²) in [5.41, 5.74) is 1.68. The zero-order chi connectivity index (χ0) is 16.3. The van der Waals surface area contributed by atoms with Gasteiger partial charge in [0, 0.05) is 11.8 Å². The van der Waals surface area contributed by atoms with Crippen molar-refractivity contribution in [2.75, 3.05) is 11.4 Å². The number of nitrogens with zero attached hydrogens (tertiary/aromatic N) is 2. The highest BCUT2D eigenvalue weighted by atomic mass is 19.4. The van der Waals surface area contributed by atoms with E-state index in [2.05, 4.69) is 4.98 Å². The van der Waals surface area contributed by atoms with E-state index in [1.807, 2.05) is 0 Å². The van der Waals surface area contributed by atoms with Gasteiger partial charge in [-0.25, -0.2) is 4.98 Å². The van der Waals surface area contributed by atoms with E-state index in [9.17, 15) is 18.0 Å². The van der Waals surface area contributed by atoms with E-state index in [0.717, 1.165) is 5.56 Å². The zero-order valence-corrected chi connectivity index (χ0v) is 12.2. The highest BCUT2D eigenvalue weighted by Gasteiger charge is 2.35. The first kappa shape index (κ1) is 16.0. The lowest BCUT2D eigenvalue weighted by Crippen LogP contribution is -2.40. The molecule has 0 radical (unpaired) electrons. The van der Waals surface area contributed by atoms with Crippen LogP contribution in [0.4, 0.5) is 19.0 Å². The summed E-state index contributed by atoms with van der Waals surface area (Å²) in [6.07, 6.45) is -3.15. The van der Waals surface area contributed by atoms with E-state index in [4.69, 9.17) is 0 Å². The van der Waals surface area contributed by atoms with Gasteiger partial charge in [0.25, 0.3) is 5.91 Å². The third-order valence-corrected chi connectivity index (χ3v) is 3.13. The number of pyridine rings is 1. The Morgan fingerprint density at radius 3 is 2.50 bits per heavy atom. The Labute approximate surface area is 126 Å². The molecule has 1 aromatic heterocycles. The molecule has 0 spiro atoms. The predicted octanol–water partition coefficient (Wildman–Crippen LogP) is 3.91. The molecule has 0 aliphatic carbocycles. The number of hydrogen-bond donors (Lipinski definition) is 0. The van der Waals surface area contributed by atoms with Gasteiger partial charge in [0.1, 0.15) is 12.4 Å². The lowest BCUT2D eigenvalue weighted by Gasteiger charge is -2.24. The molecule has 1 amide bonds. The molecular formula is C16H15F3N2O. The number of aryl methyl sites for hydroxylation is 2. The second-order valence-corrected chi connectivity index (χ2v) is 5.01. The summed E-state index contributed by atoms with van der Waals surface area (Å²) in [4.78, 5) is 17.1. The first-order chi connectivity index (χ1) is 10.3. The van der Waals surface area contributed by atoms with Gasteiger partial charge < -0.3 is 0 Å². The number of carbonyl (C=O) groups excluding carboxylic acids is 1. The number of anilines is 1. The summed E-state index contributed by atoms with van der Waals surface area (Å²) < 4.78 is 38.5. The van der Waals surface area contributed by atoms with Crippen molar-refractivity contribution in [2.24, 2.45) is 0 Å². The second-order valence-electron chi connectivity index (χ2n) is 5.01. The van der Waals surface area contributed by atoms with Crippen LogP contribution in [0, 0.1) is 13.8 Å². The van der Waals surface area contributed by atoms with Crippen molar-refractivity contribution in [3.05, 3.63) is 59.3 Å². The van der Waals surface area contributed by atoms with Gasteiger partial charge in [-0.3, -0.25) is 9.69 Å². The first-order valence-electron chi connectivity index (χ1n) is 6.65. The number of alkyl halides is 3. The number of halogens is 3. The first-order valence-corrected chi connectivity index (χ1v) is 6.65. The van der Waals surface area contributed by atoms with Crippen LogP contribution in [0.1, 0.15) is 21.5 Å². The van der Waals surface area contributed by atoms with Crippen molar-refractivity contribution in [1.29, 1.82) is 0 Å². The Kier molecular flexibility index (Phi) is 4.49. The molecule has 0 fully saturated rings.